The van der Waals surface area contributed by atoms with Crippen molar-refractivity contribution in [2.45, 2.75) is 39.7 Å². The molecule has 0 N–H and O–H groups in total. The molecule has 0 saturated heterocycles. The molecule has 7 heteroatoms. The van der Waals surface area contributed by atoms with E-state index in [9.17, 15) is 14.9 Å². The lowest BCUT2D eigenvalue weighted by Crippen LogP contribution is -2.38. The van der Waals surface area contributed by atoms with Gasteiger partial charge in [-0.3, -0.25) is 4.79 Å². The number of benzene rings is 2. The average Bonchev–Trinajstić information content (AvgIpc) is 2.84. The minimum absolute atomic E-state index is 0.0572. The highest BCUT2D eigenvalue weighted by Gasteiger charge is 2.38. The first-order chi connectivity index (χ1) is 16.3. The first-order valence-electron chi connectivity index (χ1n) is 11.2. The first kappa shape index (κ1) is 24.8. The van der Waals surface area contributed by atoms with Crippen LogP contribution in [0.25, 0.3) is 0 Å². The van der Waals surface area contributed by atoms with Gasteiger partial charge in [0, 0.05) is 23.6 Å². The molecule has 2 aromatic rings. The van der Waals surface area contributed by atoms with Crippen molar-refractivity contribution in [2.75, 3.05) is 20.8 Å². The van der Waals surface area contributed by atoms with E-state index in [-0.39, 0.29) is 31.4 Å². The van der Waals surface area contributed by atoms with Gasteiger partial charge < -0.3 is 19.1 Å². The van der Waals surface area contributed by atoms with E-state index in [1.54, 1.807) is 56.4 Å². The number of esters is 1. The molecule has 1 aliphatic heterocycles. The molecule has 7 nitrogen and oxygen atoms in total. The highest BCUT2D eigenvalue weighted by atomic mass is 16.5. The van der Waals surface area contributed by atoms with E-state index in [1.165, 1.54) is 0 Å². The Labute approximate surface area is 200 Å². The maximum absolute atomic E-state index is 13.4. The third-order valence-electron chi connectivity index (χ3n) is 5.87. The van der Waals surface area contributed by atoms with Crippen LogP contribution in [0.5, 0.6) is 11.5 Å². The summed E-state index contributed by atoms with van der Waals surface area (Å²) in [6.07, 6.45) is 0.0572. The van der Waals surface area contributed by atoms with Gasteiger partial charge in [0.25, 0.3) is 0 Å². The third kappa shape index (κ3) is 5.23. The summed E-state index contributed by atoms with van der Waals surface area (Å²) in [5, 5.41) is 9.47. The second-order valence-electron chi connectivity index (χ2n) is 8.60. The molecule has 0 aliphatic carbocycles. The quantitative estimate of drug-likeness (QED) is 0.534. The van der Waals surface area contributed by atoms with Gasteiger partial charge in [0.05, 0.1) is 44.6 Å². The molecule has 1 heterocycles. The normalized spacial score (nSPS) is 15.9. The van der Waals surface area contributed by atoms with Crippen LogP contribution in [0.2, 0.25) is 0 Å². The number of methoxy groups -OCH3 is 2. The van der Waals surface area contributed by atoms with Crippen LogP contribution in [0, 0.1) is 17.2 Å². The van der Waals surface area contributed by atoms with E-state index in [4.69, 9.17) is 14.2 Å². The molecule has 1 amide bonds. The molecule has 1 atom stereocenters. The number of amides is 1. The number of allylic oxidation sites excluding steroid dienone is 1. The molecule has 1 unspecified atom stereocenters. The Balaban J connectivity index is 2.12. The fourth-order valence-electron chi connectivity index (χ4n) is 4.10. The standard InChI is InChI=1S/C27H30N2O5/c1-17(2)16-34-27(31)26-18(3)29(15-20-9-7-6-8-19(20)14-28)25(30)13-23(26)22-12-21(32-4)10-11-24(22)33-5/h6-12,17,23H,13,15-16H2,1-5H3. The van der Waals surface area contributed by atoms with Crippen LogP contribution >= 0.6 is 0 Å². The lowest BCUT2D eigenvalue weighted by atomic mass is 9.83. The number of hydrogen-bond acceptors (Lipinski definition) is 6. The van der Waals surface area contributed by atoms with Crippen molar-refractivity contribution in [1.29, 1.82) is 5.26 Å². The van der Waals surface area contributed by atoms with E-state index < -0.39 is 11.9 Å². The summed E-state index contributed by atoms with van der Waals surface area (Å²) >= 11 is 0. The van der Waals surface area contributed by atoms with Crippen LogP contribution in [0.3, 0.4) is 0 Å². The van der Waals surface area contributed by atoms with Gasteiger partial charge in [-0.15, -0.1) is 0 Å². The predicted octanol–water partition coefficient (Wildman–Crippen LogP) is 4.56. The van der Waals surface area contributed by atoms with Gasteiger partial charge in [-0.1, -0.05) is 32.0 Å². The Kier molecular flexibility index (Phi) is 7.95. The zero-order valence-electron chi connectivity index (χ0n) is 20.3. The monoisotopic (exact) mass is 462 g/mol. The molecule has 0 spiro atoms. The molecular weight excluding hydrogens is 432 g/mol. The Morgan fingerprint density at radius 2 is 1.91 bits per heavy atom. The molecule has 178 valence electrons. The highest BCUT2D eigenvalue weighted by Crippen LogP contribution is 2.42. The maximum atomic E-state index is 13.4. The van der Waals surface area contributed by atoms with Crippen molar-refractivity contribution in [3.05, 3.63) is 70.4 Å². The predicted molar refractivity (Wildman–Crippen MR) is 127 cm³/mol. The lowest BCUT2D eigenvalue weighted by Gasteiger charge is -2.35. The van der Waals surface area contributed by atoms with E-state index in [0.29, 0.717) is 39.5 Å². The van der Waals surface area contributed by atoms with Gasteiger partial charge in [0.1, 0.15) is 11.5 Å². The fourth-order valence-corrected chi connectivity index (χ4v) is 4.10. The van der Waals surface area contributed by atoms with Crippen LogP contribution in [-0.4, -0.2) is 37.6 Å². The van der Waals surface area contributed by atoms with E-state index in [0.717, 1.165) is 0 Å². The Hall–Kier alpha value is -3.79. The Morgan fingerprint density at radius 1 is 1.18 bits per heavy atom. The van der Waals surface area contributed by atoms with Crippen LogP contribution < -0.4 is 9.47 Å². The van der Waals surface area contributed by atoms with Crippen LogP contribution in [0.1, 0.15) is 49.8 Å². The van der Waals surface area contributed by atoms with Crippen molar-refractivity contribution >= 4 is 11.9 Å². The molecule has 0 saturated carbocycles. The number of ether oxygens (including phenoxy) is 3. The van der Waals surface area contributed by atoms with Gasteiger partial charge in [-0.2, -0.15) is 5.26 Å². The summed E-state index contributed by atoms with van der Waals surface area (Å²) in [7, 11) is 3.11. The minimum atomic E-state index is -0.556. The number of hydrogen-bond donors (Lipinski definition) is 0. The molecule has 0 aromatic heterocycles. The van der Waals surface area contributed by atoms with Crippen LogP contribution in [0.4, 0.5) is 0 Å². The largest absolute Gasteiger partial charge is 0.497 e. The molecular formula is C27H30N2O5. The van der Waals surface area contributed by atoms with Crippen molar-refractivity contribution in [3.63, 3.8) is 0 Å². The van der Waals surface area contributed by atoms with Gasteiger partial charge in [0.15, 0.2) is 0 Å². The van der Waals surface area contributed by atoms with Crippen molar-refractivity contribution < 1.29 is 23.8 Å². The molecule has 3 rings (SSSR count). The summed E-state index contributed by atoms with van der Waals surface area (Å²) in [6, 6.07) is 14.6. The Bertz CT molecular complexity index is 1150. The number of rotatable bonds is 8. The van der Waals surface area contributed by atoms with Gasteiger partial charge in [-0.05, 0) is 42.7 Å². The average molecular weight is 463 g/mol. The number of carbonyl (C=O) groups excluding carboxylic acids is 2. The van der Waals surface area contributed by atoms with Crippen LogP contribution in [-0.2, 0) is 20.9 Å². The summed E-state index contributed by atoms with van der Waals surface area (Å²) in [4.78, 5) is 28.3. The van der Waals surface area contributed by atoms with Gasteiger partial charge in [-0.25, -0.2) is 4.79 Å². The van der Waals surface area contributed by atoms with E-state index >= 15 is 0 Å². The van der Waals surface area contributed by atoms with Gasteiger partial charge >= 0.3 is 5.97 Å². The molecule has 0 bridgehead atoms. The molecule has 0 fully saturated rings. The summed E-state index contributed by atoms with van der Waals surface area (Å²) in [5.74, 6) is 0.149. The second kappa shape index (κ2) is 10.9. The molecule has 34 heavy (non-hydrogen) atoms. The number of nitriles is 1. The Morgan fingerprint density at radius 3 is 2.56 bits per heavy atom. The molecule has 2 aromatic carbocycles. The zero-order chi connectivity index (χ0) is 24.8. The van der Waals surface area contributed by atoms with E-state index in [1.807, 2.05) is 26.0 Å². The van der Waals surface area contributed by atoms with E-state index in [2.05, 4.69) is 6.07 Å². The van der Waals surface area contributed by atoms with Gasteiger partial charge in [0.2, 0.25) is 5.91 Å². The smallest absolute Gasteiger partial charge is 0.336 e. The van der Waals surface area contributed by atoms with Crippen molar-refractivity contribution in [3.8, 4) is 17.6 Å². The fraction of sp³-hybridized carbons (Fsp3) is 0.370. The summed E-state index contributed by atoms with van der Waals surface area (Å²) < 4.78 is 16.6. The number of carbonyl (C=O) groups is 2. The summed E-state index contributed by atoms with van der Waals surface area (Å²) in [6.45, 7) is 6.14. The second-order valence-corrected chi connectivity index (χ2v) is 8.60. The SMILES string of the molecule is COc1ccc(OC)c(C2CC(=O)N(Cc3ccccc3C#N)C(C)=C2C(=O)OCC(C)C)c1. The third-order valence-corrected chi connectivity index (χ3v) is 5.87. The topological polar surface area (TPSA) is 88.9 Å². The molecule has 0 radical (unpaired) electrons. The molecule has 1 aliphatic rings. The minimum Gasteiger partial charge on any atom is -0.497 e. The zero-order valence-corrected chi connectivity index (χ0v) is 20.3. The highest BCUT2D eigenvalue weighted by molar-refractivity contribution is 5.96. The number of nitrogens with zero attached hydrogens (tertiary/aromatic N) is 2. The van der Waals surface area contributed by atoms with Crippen molar-refractivity contribution in [2.24, 2.45) is 5.92 Å². The summed E-state index contributed by atoms with van der Waals surface area (Å²) in [5.41, 5.74) is 2.80. The maximum Gasteiger partial charge on any atom is 0.336 e. The first-order valence-corrected chi connectivity index (χ1v) is 11.2. The van der Waals surface area contributed by atoms with Crippen molar-refractivity contribution in [1.82, 2.24) is 4.90 Å². The lowest BCUT2D eigenvalue weighted by molar-refractivity contribution is -0.141. The van der Waals surface area contributed by atoms with Crippen LogP contribution in [0.15, 0.2) is 53.7 Å².